The van der Waals surface area contributed by atoms with Crippen LogP contribution in [0.25, 0.3) is 11.3 Å². The van der Waals surface area contributed by atoms with E-state index in [-0.39, 0.29) is 5.56 Å². The Labute approximate surface area is 151 Å². The van der Waals surface area contributed by atoms with Gasteiger partial charge in [0.25, 0.3) is 5.56 Å². The van der Waals surface area contributed by atoms with Crippen LogP contribution in [-0.4, -0.2) is 30.7 Å². The van der Waals surface area contributed by atoms with Crippen LogP contribution < -0.4 is 20.3 Å². The number of nitrogens with one attached hydrogen (secondary N) is 2. The second-order valence-corrected chi connectivity index (χ2v) is 5.71. The lowest BCUT2D eigenvalue weighted by atomic mass is 10.1. The van der Waals surface area contributed by atoms with Crippen molar-refractivity contribution in [2.45, 2.75) is 6.42 Å². The number of methoxy groups -OCH3 is 2. The van der Waals surface area contributed by atoms with E-state index in [2.05, 4.69) is 15.3 Å². The largest absolute Gasteiger partial charge is 0.493 e. The van der Waals surface area contributed by atoms with Gasteiger partial charge in [-0.1, -0.05) is 36.4 Å². The van der Waals surface area contributed by atoms with E-state index in [0.717, 1.165) is 17.5 Å². The first-order valence-electron chi connectivity index (χ1n) is 8.31. The SMILES string of the molecule is COc1ccc(CCNc2nc(-c3ccccc3)cc(=O)[nH]2)cc1OC. The van der Waals surface area contributed by atoms with Gasteiger partial charge in [-0.15, -0.1) is 0 Å². The van der Waals surface area contributed by atoms with Gasteiger partial charge < -0.3 is 14.8 Å². The van der Waals surface area contributed by atoms with E-state index in [1.54, 1.807) is 14.2 Å². The Hall–Kier alpha value is -3.28. The highest BCUT2D eigenvalue weighted by Crippen LogP contribution is 2.27. The van der Waals surface area contributed by atoms with Gasteiger partial charge in [-0.3, -0.25) is 9.78 Å². The summed E-state index contributed by atoms with van der Waals surface area (Å²) in [5.41, 5.74) is 2.45. The lowest BCUT2D eigenvalue weighted by Crippen LogP contribution is -2.14. The fourth-order valence-electron chi connectivity index (χ4n) is 2.66. The van der Waals surface area contributed by atoms with Crippen LogP contribution in [0.2, 0.25) is 0 Å². The molecule has 0 atom stereocenters. The maximum atomic E-state index is 11.9. The highest BCUT2D eigenvalue weighted by atomic mass is 16.5. The summed E-state index contributed by atoms with van der Waals surface area (Å²) >= 11 is 0. The van der Waals surface area contributed by atoms with Crippen molar-refractivity contribution >= 4 is 5.95 Å². The molecule has 0 aliphatic heterocycles. The molecule has 134 valence electrons. The number of anilines is 1. The molecule has 0 aliphatic rings. The molecule has 0 bridgehead atoms. The monoisotopic (exact) mass is 351 g/mol. The van der Waals surface area contributed by atoms with Crippen molar-refractivity contribution in [1.29, 1.82) is 0 Å². The number of hydrogen-bond acceptors (Lipinski definition) is 5. The van der Waals surface area contributed by atoms with Gasteiger partial charge in [0, 0.05) is 18.2 Å². The molecule has 6 nitrogen and oxygen atoms in total. The fourth-order valence-corrected chi connectivity index (χ4v) is 2.66. The molecule has 1 aromatic heterocycles. The van der Waals surface area contributed by atoms with Crippen molar-refractivity contribution in [3.8, 4) is 22.8 Å². The van der Waals surface area contributed by atoms with E-state index in [4.69, 9.17) is 9.47 Å². The normalized spacial score (nSPS) is 10.4. The van der Waals surface area contributed by atoms with Crippen LogP contribution in [0.4, 0.5) is 5.95 Å². The number of nitrogens with zero attached hydrogens (tertiary/aromatic N) is 1. The van der Waals surface area contributed by atoms with Gasteiger partial charge in [0.15, 0.2) is 11.5 Å². The summed E-state index contributed by atoms with van der Waals surface area (Å²) in [6.45, 7) is 0.622. The third kappa shape index (κ3) is 4.22. The van der Waals surface area contributed by atoms with E-state index in [9.17, 15) is 4.79 Å². The highest BCUT2D eigenvalue weighted by molar-refractivity contribution is 5.59. The number of benzene rings is 2. The van der Waals surface area contributed by atoms with Crippen LogP contribution >= 0.6 is 0 Å². The molecule has 3 rings (SSSR count). The first kappa shape index (κ1) is 17.5. The summed E-state index contributed by atoms with van der Waals surface area (Å²) < 4.78 is 10.6. The second kappa shape index (κ2) is 8.20. The molecule has 2 N–H and O–H groups in total. The average molecular weight is 351 g/mol. The molecule has 0 amide bonds. The minimum atomic E-state index is -0.188. The van der Waals surface area contributed by atoms with Crippen molar-refractivity contribution < 1.29 is 9.47 Å². The zero-order valence-corrected chi connectivity index (χ0v) is 14.8. The third-order valence-electron chi connectivity index (χ3n) is 3.97. The minimum absolute atomic E-state index is 0.188. The number of aromatic amines is 1. The number of rotatable bonds is 7. The van der Waals surface area contributed by atoms with Gasteiger partial charge in [0.1, 0.15) is 0 Å². The Balaban J connectivity index is 1.69. The van der Waals surface area contributed by atoms with Crippen LogP contribution in [0.1, 0.15) is 5.56 Å². The molecule has 3 aromatic rings. The summed E-state index contributed by atoms with van der Waals surface area (Å²) in [5.74, 6) is 1.85. The molecule has 1 heterocycles. The van der Waals surface area contributed by atoms with E-state index in [1.807, 2.05) is 48.5 Å². The van der Waals surface area contributed by atoms with Gasteiger partial charge in [0.05, 0.1) is 19.9 Å². The predicted octanol–water partition coefficient (Wildman–Crippen LogP) is 3.11. The van der Waals surface area contributed by atoms with Gasteiger partial charge in [-0.05, 0) is 24.1 Å². The average Bonchev–Trinajstić information content (AvgIpc) is 2.68. The zero-order chi connectivity index (χ0) is 18.4. The molecule has 6 heteroatoms. The molecule has 0 fully saturated rings. The van der Waals surface area contributed by atoms with E-state index in [0.29, 0.717) is 29.7 Å². The van der Waals surface area contributed by atoms with Crippen LogP contribution in [0.3, 0.4) is 0 Å². The molecule has 26 heavy (non-hydrogen) atoms. The van der Waals surface area contributed by atoms with Crippen molar-refractivity contribution in [3.63, 3.8) is 0 Å². The van der Waals surface area contributed by atoms with Crippen LogP contribution in [-0.2, 0) is 6.42 Å². The molecule has 0 radical (unpaired) electrons. The second-order valence-electron chi connectivity index (χ2n) is 5.71. The molecule has 2 aromatic carbocycles. The summed E-state index contributed by atoms with van der Waals surface area (Å²) in [6.07, 6.45) is 0.750. The van der Waals surface area contributed by atoms with Crippen molar-refractivity contribution in [1.82, 2.24) is 9.97 Å². The number of hydrogen-bond donors (Lipinski definition) is 2. The summed E-state index contributed by atoms with van der Waals surface area (Å²) in [5, 5.41) is 3.17. The lowest BCUT2D eigenvalue weighted by Gasteiger charge is -2.10. The van der Waals surface area contributed by atoms with Gasteiger partial charge >= 0.3 is 0 Å². The van der Waals surface area contributed by atoms with E-state index >= 15 is 0 Å². The smallest absolute Gasteiger partial charge is 0.252 e. The Kier molecular flexibility index (Phi) is 5.53. The molecular formula is C20H21N3O3. The third-order valence-corrected chi connectivity index (χ3v) is 3.97. The molecule has 0 aliphatic carbocycles. The number of aromatic nitrogens is 2. The van der Waals surface area contributed by atoms with Crippen LogP contribution in [0.15, 0.2) is 59.4 Å². The molecule has 0 saturated heterocycles. The standard InChI is InChI=1S/C20H21N3O3/c1-25-17-9-8-14(12-18(17)26-2)10-11-21-20-22-16(13-19(24)23-20)15-6-4-3-5-7-15/h3-9,12-13H,10-11H2,1-2H3,(H2,21,22,23,24). The Bertz CT molecular complexity index is 923. The van der Waals surface area contributed by atoms with E-state index in [1.165, 1.54) is 6.07 Å². The van der Waals surface area contributed by atoms with Crippen molar-refractivity contribution in [2.75, 3.05) is 26.1 Å². The molecule has 0 saturated carbocycles. The summed E-state index contributed by atoms with van der Waals surface area (Å²) in [6, 6.07) is 16.9. The molecule has 0 spiro atoms. The predicted molar refractivity (Wildman–Crippen MR) is 102 cm³/mol. The first-order valence-corrected chi connectivity index (χ1v) is 8.31. The fraction of sp³-hybridized carbons (Fsp3) is 0.200. The van der Waals surface area contributed by atoms with Gasteiger partial charge in [-0.25, -0.2) is 4.98 Å². The van der Waals surface area contributed by atoms with Crippen LogP contribution in [0, 0.1) is 0 Å². The molecular weight excluding hydrogens is 330 g/mol. The van der Waals surface area contributed by atoms with Crippen molar-refractivity contribution in [2.24, 2.45) is 0 Å². The van der Waals surface area contributed by atoms with Crippen LogP contribution in [0.5, 0.6) is 11.5 Å². The number of H-pyrrole nitrogens is 1. The summed E-state index contributed by atoms with van der Waals surface area (Å²) in [7, 11) is 3.23. The number of ether oxygens (including phenoxy) is 2. The quantitative estimate of drug-likeness (QED) is 0.684. The maximum Gasteiger partial charge on any atom is 0.252 e. The zero-order valence-electron chi connectivity index (χ0n) is 14.8. The highest BCUT2D eigenvalue weighted by Gasteiger charge is 2.06. The van der Waals surface area contributed by atoms with Gasteiger partial charge in [-0.2, -0.15) is 0 Å². The molecule has 0 unspecified atom stereocenters. The van der Waals surface area contributed by atoms with E-state index < -0.39 is 0 Å². The van der Waals surface area contributed by atoms with Crippen molar-refractivity contribution in [3.05, 3.63) is 70.5 Å². The Morgan fingerprint density at radius 2 is 1.77 bits per heavy atom. The maximum absolute atomic E-state index is 11.9. The first-order chi connectivity index (χ1) is 12.7. The Morgan fingerprint density at radius 3 is 2.50 bits per heavy atom. The lowest BCUT2D eigenvalue weighted by molar-refractivity contribution is 0.354. The summed E-state index contributed by atoms with van der Waals surface area (Å²) in [4.78, 5) is 19.1. The topological polar surface area (TPSA) is 76.2 Å². The van der Waals surface area contributed by atoms with Gasteiger partial charge in [0.2, 0.25) is 5.95 Å². The Morgan fingerprint density at radius 1 is 1.00 bits per heavy atom. The minimum Gasteiger partial charge on any atom is -0.493 e.